The maximum Gasteiger partial charge on any atom is 0.164 e. The minimum absolute atomic E-state index is 0.607. The van der Waals surface area contributed by atoms with Gasteiger partial charge in [0, 0.05) is 43.6 Å². The molecular formula is C47H28N4O. The predicted molar refractivity (Wildman–Crippen MR) is 213 cm³/mol. The third-order valence-corrected chi connectivity index (χ3v) is 10.2. The standard InChI is InChI=1S/C47H28N4O/c1-3-14-29(15-4-1)45-48-46(30-16-5-2-6-17-30)50-47(49-45)38-28-37-34-21-10-12-25-42(34)52-44(37)43-35(38)22-13-24-40(43)51-39-23-11-9-20-33(39)36-26-31-18-7-8-19-32(31)27-41(36)51/h1-28H. The zero-order valence-corrected chi connectivity index (χ0v) is 27.9. The van der Waals surface area contributed by atoms with Gasteiger partial charge in [-0.3, -0.25) is 0 Å². The van der Waals surface area contributed by atoms with Crippen molar-refractivity contribution in [2.45, 2.75) is 0 Å². The number of nitrogens with zero attached hydrogens (tertiary/aromatic N) is 4. The van der Waals surface area contributed by atoms with Crippen LogP contribution in [0.3, 0.4) is 0 Å². The van der Waals surface area contributed by atoms with Crippen molar-refractivity contribution >= 4 is 65.3 Å². The van der Waals surface area contributed by atoms with Crippen LogP contribution in [-0.4, -0.2) is 19.5 Å². The molecule has 0 atom stereocenters. The minimum Gasteiger partial charge on any atom is -0.455 e. The Bertz CT molecular complexity index is 3120. The number of aromatic nitrogens is 4. The molecule has 5 heteroatoms. The van der Waals surface area contributed by atoms with Gasteiger partial charge in [0.2, 0.25) is 0 Å². The molecule has 0 unspecified atom stereocenters. The van der Waals surface area contributed by atoms with Gasteiger partial charge in [0.05, 0.1) is 16.7 Å². The summed E-state index contributed by atoms with van der Waals surface area (Å²) in [6.07, 6.45) is 0. The summed E-state index contributed by atoms with van der Waals surface area (Å²) < 4.78 is 9.21. The lowest BCUT2D eigenvalue weighted by Crippen LogP contribution is -2.01. The molecule has 11 rings (SSSR count). The van der Waals surface area contributed by atoms with Crippen LogP contribution >= 0.6 is 0 Å². The number of para-hydroxylation sites is 2. The average Bonchev–Trinajstić information content (AvgIpc) is 3.75. The Morgan fingerprint density at radius 1 is 0.404 bits per heavy atom. The molecule has 3 aromatic heterocycles. The van der Waals surface area contributed by atoms with Crippen molar-refractivity contribution in [3.63, 3.8) is 0 Å². The van der Waals surface area contributed by atoms with E-state index in [1.54, 1.807) is 0 Å². The van der Waals surface area contributed by atoms with Crippen molar-refractivity contribution in [3.05, 3.63) is 170 Å². The highest BCUT2D eigenvalue weighted by Gasteiger charge is 2.23. The fourth-order valence-corrected chi connectivity index (χ4v) is 7.83. The summed E-state index contributed by atoms with van der Waals surface area (Å²) in [5.41, 5.74) is 7.76. The second-order valence-corrected chi connectivity index (χ2v) is 13.2. The van der Waals surface area contributed by atoms with E-state index in [0.29, 0.717) is 17.5 Å². The van der Waals surface area contributed by atoms with Crippen LogP contribution in [0.2, 0.25) is 0 Å². The molecule has 0 saturated heterocycles. The number of benzene rings is 8. The number of furan rings is 1. The molecule has 0 amide bonds. The number of hydrogen-bond donors (Lipinski definition) is 0. The van der Waals surface area contributed by atoms with E-state index in [0.717, 1.165) is 66.1 Å². The van der Waals surface area contributed by atoms with Gasteiger partial charge in [-0.1, -0.05) is 133 Å². The second kappa shape index (κ2) is 11.2. The monoisotopic (exact) mass is 664 g/mol. The maximum absolute atomic E-state index is 6.81. The molecule has 0 N–H and O–H groups in total. The van der Waals surface area contributed by atoms with Crippen LogP contribution < -0.4 is 0 Å². The van der Waals surface area contributed by atoms with Crippen LogP contribution in [0, 0.1) is 0 Å². The summed E-state index contributed by atoms with van der Waals surface area (Å²) in [6, 6.07) is 59.1. The summed E-state index contributed by atoms with van der Waals surface area (Å²) in [4.78, 5) is 15.4. The van der Waals surface area contributed by atoms with Crippen LogP contribution in [0.15, 0.2) is 174 Å². The highest BCUT2D eigenvalue weighted by atomic mass is 16.3. The largest absolute Gasteiger partial charge is 0.455 e. The third kappa shape index (κ3) is 4.33. The normalized spacial score (nSPS) is 11.8. The lowest BCUT2D eigenvalue weighted by atomic mass is 9.98. The van der Waals surface area contributed by atoms with Crippen molar-refractivity contribution in [2.75, 3.05) is 0 Å². The second-order valence-electron chi connectivity index (χ2n) is 13.2. The van der Waals surface area contributed by atoms with Gasteiger partial charge < -0.3 is 8.98 Å². The Labute approximate surface area is 298 Å². The Morgan fingerprint density at radius 3 is 1.75 bits per heavy atom. The first-order valence-corrected chi connectivity index (χ1v) is 17.5. The van der Waals surface area contributed by atoms with Gasteiger partial charge in [0.25, 0.3) is 0 Å². The quantitative estimate of drug-likeness (QED) is 0.188. The van der Waals surface area contributed by atoms with Gasteiger partial charge in [-0.15, -0.1) is 0 Å². The number of rotatable bonds is 4. The molecule has 8 aromatic carbocycles. The predicted octanol–water partition coefficient (Wildman–Crippen LogP) is 12.2. The van der Waals surface area contributed by atoms with Crippen molar-refractivity contribution in [1.82, 2.24) is 19.5 Å². The molecule has 0 aliphatic carbocycles. The highest BCUT2D eigenvalue weighted by molar-refractivity contribution is 6.22. The fraction of sp³-hybridized carbons (Fsp3) is 0. The molecule has 3 heterocycles. The zero-order valence-electron chi connectivity index (χ0n) is 27.9. The van der Waals surface area contributed by atoms with Gasteiger partial charge in [0.1, 0.15) is 11.2 Å². The Balaban J connectivity index is 1.29. The first kappa shape index (κ1) is 28.7. The Kier molecular flexibility index (Phi) is 6.18. The summed E-state index contributed by atoms with van der Waals surface area (Å²) in [5.74, 6) is 1.86. The van der Waals surface area contributed by atoms with Gasteiger partial charge in [-0.25, -0.2) is 15.0 Å². The van der Waals surface area contributed by atoms with Crippen molar-refractivity contribution in [1.29, 1.82) is 0 Å². The van der Waals surface area contributed by atoms with Crippen molar-refractivity contribution in [3.8, 4) is 39.9 Å². The lowest BCUT2D eigenvalue weighted by molar-refractivity contribution is 0.672. The summed E-state index contributed by atoms with van der Waals surface area (Å²) >= 11 is 0. The molecule has 0 radical (unpaired) electrons. The fourth-order valence-electron chi connectivity index (χ4n) is 7.83. The molecule has 5 nitrogen and oxygen atoms in total. The van der Waals surface area contributed by atoms with Crippen LogP contribution in [0.25, 0.3) is 105 Å². The first-order valence-electron chi connectivity index (χ1n) is 17.5. The van der Waals surface area contributed by atoms with Crippen LogP contribution in [-0.2, 0) is 0 Å². The van der Waals surface area contributed by atoms with Gasteiger partial charge in [-0.2, -0.15) is 0 Å². The van der Waals surface area contributed by atoms with E-state index in [4.69, 9.17) is 19.4 Å². The van der Waals surface area contributed by atoms with Crippen LogP contribution in [0.5, 0.6) is 0 Å². The van der Waals surface area contributed by atoms with Crippen molar-refractivity contribution < 1.29 is 4.42 Å². The topological polar surface area (TPSA) is 56.7 Å². The van der Waals surface area contributed by atoms with Crippen LogP contribution in [0.4, 0.5) is 0 Å². The molecule has 242 valence electrons. The molecule has 0 saturated carbocycles. The third-order valence-electron chi connectivity index (χ3n) is 10.2. The SMILES string of the molecule is c1ccc(-c2nc(-c3ccccc3)nc(-c3cc4c5ccccc5oc4c4c(-n5c6ccccc6c6cc7ccccc7cc65)cccc34)n2)cc1. The summed E-state index contributed by atoms with van der Waals surface area (Å²) in [7, 11) is 0. The molecular weight excluding hydrogens is 637 g/mol. The molecule has 0 aliphatic heterocycles. The van der Waals surface area contributed by atoms with Gasteiger partial charge in [0.15, 0.2) is 17.5 Å². The van der Waals surface area contributed by atoms with E-state index in [9.17, 15) is 0 Å². The smallest absolute Gasteiger partial charge is 0.164 e. The summed E-state index contributed by atoms with van der Waals surface area (Å²) in [6.45, 7) is 0. The Morgan fingerprint density at radius 2 is 1.00 bits per heavy atom. The molecule has 11 aromatic rings. The zero-order chi connectivity index (χ0) is 34.2. The first-order chi connectivity index (χ1) is 25.8. The van der Waals surface area contributed by atoms with E-state index in [2.05, 4.69) is 102 Å². The maximum atomic E-state index is 6.81. The van der Waals surface area contributed by atoms with Crippen LogP contribution in [0.1, 0.15) is 0 Å². The molecule has 0 fully saturated rings. The molecule has 52 heavy (non-hydrogen) atoms. The lowest BCUT2D eigenvalue weighted by Gasteiger charge is -2.15. The van der Waals surface area contributed by atoms with Crippen molar-refractivity contribution in [2.24, 2.45) is 0 Å². The minimum atomic E-state index is 0.607. The van der Waals surface area contributed by atoms with E-state index < -0.39 is 0 Å². The summed E-state index contributed by atoms with van der Waals surface area (Å²) in [5, 5.41) is 8.89. The van der Waals surface area contributed by atoms with Gasteiger partial charge >= 0.3 is 0 Å². The number of fused-ring (bicyclic) bond motifs is 9. The number of hydrogen-bond acceptors (Lipinski definition) is 4. The Hall–Kier alpha value is -7.11. The molecule has 0 aliphatic rings. The van der Waals surface area contributed by atoms with E-state index in [1.165, 1.54) is 21.5 Å². The van der Waals surface area contributed by atoms with E-state index in [-0.39, 0.29) is 0 Å². The van der Waals surface area contributed by atoms with E-state index in [1.807, 2.05) is 72.8 Å². The highest BCUT2D eigenvalue weighted by Crippen LogP contribution is 2.44. The average molecular weight is 665 g/mol. The molecule has 0 spiro atoms. The molecule has 0 bridgehead atoms. The van der Waals surface area contributed by atoms with E-state index >= 15 is 0 Å². The van der Waals surface area contributed by atoms with Gasteiger partial charge in [-0.05, 0) is 52.6 Å².